The van der Waals surface area contributed by atoms with Gasteiger partial charge in [-0.1, -0.05) is 27.5 Å². The van der Waals surface area contributed by atoms with E-state index in [2.05, 4.69) is 15.9 Å². The molecule has 1 nitrogen and oxygen atoms in total. The molecule has 2 aromatic rings. The molecule has 0 aliphatic carbocycles. The molecule has 6 heteroatoms. The first-order chi connectivity index (χ1) is 8.88. The second-order valence-electron chi connectivity index (χ2n) is 3.73. The number of carbonyl (C=O) groups is 1. The van der Waals surface area contributed by atoms with Gasteiger partial charge in [0.05, 0.1) is 5.02 Å². The summed E-state index contributed by atoms with van der Waals surface area (Å²) < 4.78 is 39.6. The maximum atomic E-state index is 13.2. The van der Waals surface area contributed by atoms with E-state index in [1.54, 1.807) is 0 Å². The molecule has 0 bridgehead atoms. The van der Waals surface area contributed by atoms with Gasteiger partial charge >= 0.3 is 0 Å². The van der Waals surface area contributed by atoms with E-state index in [0.29, 0.717) is 16.6 Å². The zero-order chi connectivity index (χ0) is 14.2. The van der Waals surface area contributed by atoms with Crippen LogP contribution in [0.15, 0.2) is 34.8 Å². The summed E-state index contributed by atoms with van der Waals surface area (Å²) in [6.45, 7) is 0. The Morgan fingerprint density at radius 1 is 1.00 bits per heavy atom. The third-order valence-corrected chi connectivity index (χ3v) is 3.15. The lowest BCUT2D eigenvalue weighted by Gasteiger charge is -2.05. The lowest BCUT2D eigenvalue weighted by molar-refractivity contribution is 0.103. The van der Waals surface area contributed by atoms with Crippen molar-refractivity contribution < 1.29 is 18.0 Å². The number of hydrogen-bond donors (Lipinski definition) is 0. The Hall–Kier alpha value is -1.33. The van der Waals surface area contributed by atoms with Crippen LogP contribution in [-0.4, -0.2) is 5.78 Å². The first-order valence-corrected chi connectivity index (χ1v) is 6.21. The van der Waals surface area contributed by atoms with Crippen LogP contribution in [0.2, 0.25) is 5.02 Å². The van der Waals surface area contributed by atoms with E-state index in [1.807, 2.05) is 0 Å². The fourth-order valence-electron chi connectivity index (χ4n) is 1.54. The van der Waals surface area contributed by atoms with Crippen LogP contribution >= 0.6 is 27.5 Å². The summed E-state index contributed by atoms with van der Waals surface area (Å²) in [4.78, 5) is 12.1. The smallest absolute Gasteiger partial charge is 0.194 e. The third kappa shape index (κ3) is 2.98. The van der Waals surface area contributed by atoms with Gasteiger partial charge in [-0.3, -0.25) is 4.79 Å². The monoisotopic (exact) mass is 348 g/mol. The Morgan fingerprint density at radius 2 is 1.63 bits per heavy atom. The highest BCUT2D eigenvalue weighted by Crippen LogP contribution is 2.24. The number of hydrogen-bond acceptors (Lipinski definition) is 1. The third-order valence-electron chi connectivity index (χ3n) is 2.38. The van der Waals surface area contributed by atoms with E-state index in [-0.39, 0.29) is 16.1 Å². The number of carbonyl (C=O) groups excluding carboxylic acids is 1. The van der Waals surface area contributed by atoms with Crippen molar-refractivity contribution in [2.45, 2.75) is 0 Å². The van der Waals surface area contributed by atoms with Crippen molar-refractivity contribution in [1.82, 2.24) is 0 Å². The van der Waals surface area contributed by atoms with Gasteiger partial charge in [0.25, 0.3) is 0 Å². The standard InChI is InChI=1S/C13H5BrClF3O/c14-7-1-6(2-8(16)3-7)13(19)9-4-11(17)12(18)5-10(9)15/h1-5H. The summed E-state index contributed by atoms with van der Waals surface area (Å²) in [5.74, 6) is -3.66. The summed E-state index contributed by atoms with van der Waals surface area (Å²) in [6, 6.07) is 4.93. The zero-order valence-corrected chi connectivity index (χ0v) is 11.5. The maximum absolute atomic E-state index is 13.2. The molecule has 0 aliphatic heterocycles. The molecule has 0 amide bonds. The molecule has 0 atom stereocenters. The van der Waals surface area contributed by atoms with Crippen LogP contribution in [0.25, 0.3) is 0 Å². The van der Waals surface area contributed by atoms with Crippen molar-refractivity contribution >= 4 is 33.3 Å². The molecule has 0 unspecified atom stereocenters. The second-order valence-corrected chi connectivity index (χ2v) is 5.06. The molecule has 0 radical (unpaired) electrons. The van der Waals surface area contributed by atoms with Gasteiger partial charge in [-0.25, -0.2) is 13.2 Å². The average molecular weight is 350 g/mol. The van der Waals surface area contributed by atoms with Crippen LogP contribution < -0.4 is 0 Å². The number of halogens is 5. The Kier molecular flexibility index (Phi) is 3.96. The molecule has 0 heterocycles. The maximum Gasteiger partial charge on any atom is 0.194 e. The summed E-state index contributed by atoms with van der Waals surface area (Å²) >= 11 is 8.73. The Bertz CT molecular complexity index is 653. The van der Waals surface area contributed by atoms with Gasteiger partial charge in [0.2, 0.25) is 0 Å². The summed E-state index contributed by atoms with van der Waals surface area (Å²) in [7, 11) is 0. The summed E-state index contributed by atoms with van der Waals surface area (Å²) in [5, 5.41) is -0.232. The molecule has 0 aliphatic rings. The highest BCUT2D eigenvalue weighted by atomic mass is 79.9. The Balaban J connectivity index is 2.53. The number of rotatable bonds is 2. The molecule has 0 aromatic heterocycles. The normalized spacial score (nSPS) is 10.6. The van der Waals surface area contributed by atoms with E-state index >= 15 is 0 Å². The molecule has 0 fully saturated rings. The lowest BCUT2D eigenvalue weighted by atomic mass is 10.0. The Labute approximate surface area is 120 Å². The van der Waals surface area contributed by atoms with Crippen LogP contribution in [-0.2, 0) is 0 Å². The first kappa shape index (κ1) is 14.1. The topological polar surface area (TPSA) is 17.1 Å². The van der Waals surface area contributed by atoms with Gasteiger partial charge in [-0.05, 0) is 30.3 Å². The van der Waals surface area contributed by atoms with E-state index in [1.165, 1.54) is 12.1 Å². The molecule has 0 N–H and O–H groups in total. The molecule has 19 heavy (non-hydrogen) atoms. The van der Waals surface area contributed by atoms with Crippen LogP contribution in [0.1, 0.15) is 15.9 Å². The summed E-state index contributed by atoms with van der Waals surface area (Å²) in [5.41, 5.74) is -0.238. The average Bonchev–Trinajstić information content (AvgIpc) is 2.31. The van der Waals surface area contributed by atoms with Crippen molar-refractivity contribution in [2.24, 2.45) is 0 Å². The van der Waals surface area contributed by atoms with E-state index in [4.69, 9.17) is 11.6 Å². The minimum absolute atomic E-state index is 0.0141. The van der Waals surface area contributed by atoms with Gasteiger partial charge in [0.15, 0.2) is 17.4 Å². The van der Waals surface area contributed by atoms with Gasteiger partial charge in [-0.15, -0.1) is 0 Å². The Morgan fingerprint density at radius 3 is 2.26 bits per heavy atom. The van der Waals surface area contributed by atoms with Crippen molar-refractivity contribution in [2.75, 3.05) is 0 Å². The minimum atomic E-state index is -1.19. The van der Waals surface area contributed by atoms with Crippen LogP contribution in [0.3, 0.4) is 0 Å². The quantitative estimate of drug-likeness (QED) is 0.565. The highest BCUT2D eigenvalue weighted by Gasteiger charge is 2.17. The van der Waals surface area contributed by atoms with Crippen molar-refractivity contribution in [3.05, 3.63) is 68.4 Å². The molecular formula is C13H5BrClF3O. The van der Waals surface area contributed by atoms with Crippen LogP contribution in [0.5, 0.6) is 0 Å². The minimum Gasteiger partial charge on any atom is -0.289 e. The lowest BCUT2D eigenvalue weighted by Crippen LogP contribution is -2.04. The van der Waals surface area contributed by atoms with Gasteiger partial charge in [0, 0.05) is 15.6 Å². The molecular weight excluding hydrogens is 344 g/mol. The molecule has 0 saturated heterocycles. The van der Waals surface area contributed by atoms with E-state index < -0.39 is 23.2 Å². The van der Waals surface area contributed by atoms with E-state index in [0.717, 1.165) is 6.07 Å². The molecule has 2 aromatic carbocycles. The van der Waals surface area contributed by atoms with Crippen molar-refractivity contribution in [1.29, 1.82) is 0 Å². The van der Waals surface area contributed by atoms with E-state index in [9.17, 15) is 18.0 Å². The summed E-state index contributed by atoms with van der Waals surface area (Å²) in [6.07, 6.45) is 0. The highest BCUT2D eigenvalue weighted by molar-refractivity contribution is 9.10. The zero-order valence-electron chi connectivity index (χ0n) is 9.18. The van der Waals surface area contributed by atoms with Crippen LogP contribution in [0.4, 0.5) is 13.2 Å². The SMILES string of the molecule is O=C(c1cc(F)cc(Br)c1)c1cc(F)c(F)cc1Cl. The molecule has 98 valence electrons. The first-order valence-electron chi connectivity index (χ1n) is 5.04. The van der Waals surface area contributed by atoms with Gasteiger partial charge in [0.1, 0.15) is 5.82 Å². The molecule has 0 saturated carbocycles. The predicted molar refractivity (Wildman–Crippen MR) is 68.9 cm³/mol. The molecule has 2 rings (SSSR count). The fraction of sp³-hybridized carbons (Fsp3) is 0. The predicted octanol–water partition coefficient (Wildman–Crippen LogP) is 4.75. The van der Waals surface area contributed by atoms with Crippen molar-refractivity contribution in [3.63, 3.8) is 0 Å². The second kappa shape index (κ2) is 5.35. The fourth-order valence-corrected chi connectivity index (χ4v) is 2.24. The molecule has 0 spiro atoms. The van der Waals surface area contributed by atoms with Gasteiger partial charge < -0.3 is 0 Å². The van der Waals surface area contributed by atoms with Crippen molar-refractivity contribution in [3.8, 4) is 0 Å². The number of ketones is 1. The van der Waals surface area contributed by atoms with Crippen LogP contribution in [0, 0.1) is 17.5 Å². The largest absolute Gasteiger partial charge is 0.289 e. The number of benzene rings is 2. The van der Waals surface area contributed by atoms with Gasteiger partial charge in [-0.2, -0.15) is 0 Å².